The second-order valence-electron chi connectivity index (χ2n) is 8.73. The lowest BCUT2D eigenvalue weighted by molar-refractivity contribution is -0.126. The molecule has 10 nitrogen and oxygen atoms in total. The molecule has 186 valence electrons. The van der Waals surface area contributed by atoms with Crippen LogP contribution in [-0.4, -0.2) is 52.7 Å². The monoisotopic (exact) mass is 507 g/mol. The minimum absolute atomic E-state index is 0.0699. The van der Waals surface area contributed by atoms with E-state index in [0.717, 1.165) is 22.5 Å². The van der Waals surface area contributed by atoms with Gasteiger partial charge in [-0.25, -0.2) is 0 Å². The minimum atomic E-state index is -0.475. The molecule has 11 heteroatoms. The van der Waals surface area contributed by atoms with Crippen molar-refractivity contribution in [3.05, 3.63) is 63.6 Å². The summed E-state index contributed by atoms with van der Waals surface area (Å²) >= 11 is 0.924. The standard InChI is InChI=1S/C25H25N5O5S/c1-15-4-2-5-16(10-15)12-26-21(31)17-6-3-9-30(13-17)25(33)24-29-28-23(36-24)22(32)27-18-7-8-19-20(11-18)35-14-34-19/h2,4-5,7-8,10-11,17H,3,6,9,12-14H2,1H3,(H,26,31)(H,27,32). The summed E-state index contributed by atoms with van der Waals surface area (Å²) in [6.07, 6.45) is 1.42. The minimum Gasteiger partial charge on any atom is -0.454 e. The maximum atomic E-state index is 13.0. The maximum Gasteiger partial charge on any atom is 0.286 e. The van der Waals surface area contributed by atoms with Crippen LogP contribution in [0, 0.1) is 12.8 Å². The fourth-order valence-electron chi connectivity index (χ4n) is 4.23. The number of amides is 3. The number of benzene rings is 2. The molecule has 1 atom stereocenters. The average Bonchev–Trinajstić information content (AvgIpc) is 3.57. The molecular formula is C25H25N5O5S. The van der Waals surface area contributed by atoms with Crippen molar-refractivity contribution in [2.24, 2.45) is 5.92 Å². The first-order valence-electron chi connectivity index (χ1n) is 11.6. The summed E-state index contributed by atoms with van der Waals surface area (Å²) < 4.78 is 10.6. The zero-order chi connectivity index (χ0) is 25.1. The summed E-state index contributed by atoms with van der Waals surface area (Å²) in [5.74, 6) is -0.0171. The fraction of sp³-hybridized carbons (Fsp3) is 0.320. The number of carbonyl (C=O) groups excluding carboxylic acids is 3. The van der Waals surface area contributed by atoms with E-state index >= 15 is 0 Å². The van der Waals surface area contributed by atoms with Gasteiger partial charge in [-0.2, -0.15) is 0 Å². The number of piperidine rings is 1. The van der Waals surface area contributed by atoms with Gasteiger partial charge in [0.05, 0.1) is 5.92 Å². The van der Waals surface area contributed by atoms with E-state index in [4.69, 9.17) is 9.47 Å². The van der Waals surface area contributed by atoms with E-state index in [1.165, 1.54) is 0 Å². The average molecular weight is 508 g/mol. The number of carbonyl (C=O) groups is 3. The fourth-order valence-corrected chi connectivity index (χ4v) is 4.93. The van der Waals surface area contributed by atoms with Crippen molar-refractivity contribution in [1.29, 1.82) is 0 Å². The zero-order valence-electron chi connectivity index (χ0n) is 19.7. The number of fused-ring (bicyclic) bond motifs is 1. The molecule has 1 aromatic heterocycles. The number of anilines is 1. The van der Waals surface area contributed by atoms with Crippen molar-refractivity contribution in [2.45, 2.75) is 26.3 Å². The summed E-state index contributed by atoms with van der Waals surface area (Å²) in [4.78, 5) is 40.0. The second-order valence-corrected chi connectivity index (χ2v) is 9.71. The van der Waals surface area contributed by atoms with Crippen LogP contribution in [0.1, 0.15) is 43.6 Å². The summed E-state index contributed by atoms with van der Waals surface area (Å²) in [6, 6.07) is 13.0. The highest BCUT2D eigenvalue weighted by atomic mass is 32.1. The molecule has 2 aliphatic rings. The third-order valence-electron chi connectivity index (χ3n) is 6.06. The first-order chi connectivity index (χ1) is 17.5. The highest BCUT2D eigenvalue weighted by Crippen LogP contribution is 2.34. The van der Waals surface area contributed by atoms with Crippen LogP contribution in [0.2, 0.25) is 0 Å². The highest BCUT2D eigenvalue weighted by Gasteiger charge is 2.31. The number of hydrogen-bond donors (Lipinski definition) is 2. The molecule has 0 saturated carbocycles. The Morgan fingerprint density at radius 1 is 1.08 bits per heavy atom. The topological polar surface area (TPSA) is 123 Å². The third-order valence-corrected chi connectivity index (χ3v) is 6.97. The Labute approximate surface area is 211 Å². The Morgan fingerprint density at radius 2 is 1.92 bits per heavy atom. The van der Waals surface area contributed by atoms with E-state index in [9.17, 15) is 14.4 Å². The van der Waals surface area contributed by atoms with E-state index in [0.29, 0.717) is 49.7 Å². The quantitative estimate of drug-likeness (QED) is 0.526. The van der Waals surface area contributed by atoms with E-state index in [1.54, 1.807) is 23.1 Å². The Hall–Kier alpha value is -3.99. The normalized spacial score (nSPS) is 16.5. The molecule has 36 heavy (non-hydrogen) atoms. The predicted molar refractivity (Wildman–Crippen MR) is 132 cm³/mol. The number of aryl methyl sites for hydroxylation is 1. The molecule has 2 aliphatic heterocycles. The van der Waals surface area contributed by atoms with Crippen LogP contribution in [-0.2, 0) is 11.3 Å². The summed E-state index contributed by atoms with van der Waals surface area (Å²) in [5, 5.41) is 13.7. The van der Waals surface area contributed by atoms with Crippen LogP contribution in [0.3, 0.4) is 0 Å². The van der Waals surface area contributed by atoms with Crippen molar-refractivity contribution >= 4 is 34.7 Å². The van der Waals surface area contributed by atoms with Gasteiger partial charge in [0, 0.05) is 31.4 Å². The number of likely N-dealkylation sites (tertiary alicyclic amines) is 1. The van der Waals surface area contributed by atoms with Gasteiger partial charge in [0.1, 0.15) is 0 Å². The number of aromatic nitrogens is 2. The molecular weight excluding hydrogens is 482 g/mol. The molecule has 3 heterocycles. The number of nitrogens with one attached hydrogen (secondary N) is 2. The second kappa shape index (κ2) is 10.3. The largest absolute Gasteiger partial charge is 0.454 e. The first kappa shape index (κ1) is 23.7. The molecule has 2 N–H and O–H groups in total. The molecule has 2 aromatic carbocycles. The molecule has 0 spiro atoms. The third kappa shape index (κ3) is 5.30. The predicted octanol–water partition coefficient (Wildman–Crippen LogP) is 3.00. The van der Waals surface area contributed by atoms with Crippen molar-refractivity contribution in [3.63, 3.8) is 0 Å². The van der Waals surface area contributed by atoms with Gasteiger partial charge in [-0.05, 0) is 37.5 Å². The molecule has 1 saturated heterocycles. The Balaban J connectivity index is 1.17. The van der Waals surface area contributed by atoms with Gasteiger partial charge in [0.2, 0.25) is 22.7 Å². The summed E-state index contributed by atoms with van der Waals surface area (Å²) in [6.45, 7) is 3.43. The molecule has 0 aliphatic carbocycles. The molecule has 1 fully saturated rings. The van der Waals surface area contributed by atoms with Crippen LogP contribution in [0.25, 0.3) is 0 Å². The smallest absolute Gasteiger partial charge is 0.286 e. The summed E-state index contributed by atoms with van der Waals surface area (Å²) in [7, 11) is 0. The molecule has 1 unspecified atom stereocenters. The Morgan fingerprint density at radius 3 is 2.78 bits per heavy atom. The number of hydrogen-bond acceptors (Lipinski definition) is 8. The Kier molecular flexibility index (Phi) is 6.81. The molecule has 0 radical (unpaired) electrons. The van der Waals surface area contributed by atoms with Crippen molar-refractivity contribution in [2.75, 3.05) is 25.2 Å². The lowest BCUT2D eigenvalue weighted by Crippen LogP contribution is -2.45. The molecule has 3 aromatic rings. The molecule has 3 amide bonds. The Bertz CT molecular complexity index is 1310. The van der Waals surface area contributed by atoms with Gasteiger partial charge in [0.25, 0.3) is 11.8 Å². The number of nitrogens with zero attached hydrogens (tertiary/aromatic N) is 3. The SMILES string of the molecule is Cc1cccc(CNC(=O)C2CCCN(C(=O)c3nnc(C(=O)Nc4ccc5c(c4)OCO5)s3)C2)c1. The van der Waals surface area contributed by atoms with Gasteiger partial charge in [0.15, 0.2) is 11.5 Å². The molecule has 0 bridgehead atoms. The van der Waals surface area contributed by atoms with Gasteiger partial charge in [-0.15, -0.1) is 10.2 Å². The van der Waals surface area contributed by atoms with E-state index in [-0.39, 0.29) is 34.5 Å². The van der Waals surface area contributed by atoms with Crippen LogP contribution in [0.4, 0.5) is 5.69 Å². The van der Waals surface area contributed by atoms with Gasteiger partial charge < -0.3 is 25.0 Å². The van der Waals surface area contributed by atoms with E-state index in [2.05, 4.69) is 20.8 Å². The lowest BCUT2D eigenvalue weighted by atomic mass is 9.97. The maximum absolute atomic E-state index is 13.0. The molecule has 5 rings (SSSR count). The van der Waals surface area contributed by atoms with Crippen LogP contribution in [0.5, 0.6) is 11.5 Å². The number of ether oxygens (including phenoxy) is 2. The van der Waals surface area contributed by atoms with Crippen LogP contribution in [0.15, 0.2) is 42.5 Å². The van der Waals surface area contributed by atoms with Crippen molar-refractivity contribution in [3.8, 4) is 11.5 Å². The summed E-state index contributed by atoms with van der Waals surface area (Å²) in [5.41, 5.74) is 2.69. The van der Waals surface area contributed by atoms with E-state index in [1.807, 2.05) is 31.2 Å². The lowest BCUT2D eigenvalue weighted by Gasteiger charge is -2.31. The van der Waals surface area contributed by atoms with Crippen molar-refractivity contribution in [1.82, 2.24) is 20.4 Å². The van der Waals surface area contributed by atoms with Crippen molar-refractivity contribution < 1.29 is 23.9 Å². The highest BCUT2D eigenvalue weighted by molar-refractivity contribution is 7.15. The van der Waals surface area contributed by atoms with Gasteiger partial charge >= 0.3 is 0 Å². The van der Waals surface area contributed by atoms with E-state index < -0.39 is 5.91 Å². The zero-order valence-corrected chi connectivity index (χ0v) is 20.5. The van der Waals surface area contributed by atoms with Gasteiger partial charge in [-0.3, -0.25) is 14.4 Å². The number of rotatable bonds is 6. The van der Waals surface area contributed by atoms with Gasteiger partial charge in [-0.1, -0.05) is 41.2 Å². The first-order valence-corrected chi connectivity index (χ1v) is 12.4. The van der Waals surface area contributed by atoms with Crippen LogP contribution >= 0.6 is 11.3 Å². The van der Waals surface area contributed by atoms with Crippen LogP contribution < -0.4 is 20.1 Å².